The first-order valence-corrected chi connectivity index (χ1v) is 9.91. The second kappa shape index (κ2) is 7.09. The van der Waals surface area contributed by atoms with Crippen LogP contribution in [0, 0.1) is 0 Å². The molecule has 1 aromatic heterocycles. The molecule has 0 radical (unpaired) electrons. The molecule has 1 aliphatic heterocycles. The van der Waals surface area contributed by atoms with E-state index in [-0.39, 0.29) is 22.8 Å². The number of hydrogen-bond donors (Lipinski definition) is 2. The minimum absolute atomic E-state index is 0.141. The number of nitrogens with zero attached hydrogens (tertiary/aromatic N) is 1. The Balaban J connectivity index is 2.13. The van der Waals surface area contributed by atoms with Crippen molar-refractivity contribution in [2.45, 2.75) is 52.1 Å². The van der Waals surface area contributed by atoms with Gasteiger partial charge in [0.15, 0.2) is 0 Å². The van der Waals surface area contributed by atoms with Crippen molar-refractivity contribution in [2.75, 3.05) is 6.61 Å². The van der Waals surface area contributed by atoms with Gasteiger partial charge in [0.05, 0.1) is 12.2 Å². The van der Waals surface area contributed by atoms with E-state index in [1.807, 2.05) is 6.07 Å². The zero-order valence-electron chi connectivity index (χ0n) is 16.4. The molecule has 0 aliphatic carbocycles. The summed E-state index contributed by atoms with van der Waals surface area (Å²) in [5.41, 5.74) is 1.75. The second-order valence-corrected chi connectivity index (χ2v) is 8.94. The molecule has 3 rings (SSSR count). The van der Waals surface area contributed by atoms with Gasteiger partial charge in [-0.1, -0.05) is 12.1 Å². The van der Waals surface area contributed by atoms with E-state index >= 15 is 0 Å². The van der Waals surface area contributed by atoms with E-state index in [1.54, 1.807) is 31.3 Å². The molecule has 0 spiro atoms. The number of esters is 1. The summed E-state index contributed by atoms with van der Waals surface area (Å²) in [5, 5.41) is 14.2. The van der Waals surface area contributed by atoms with Crippen molar-refractivity contribution in [3.05, 3.63) is 45.8 Å². The smallest absolute Gasteiger partial charge is 0.341 e. The van der Waals surface area contributed by atoms with Crippen molar-refractivity contribution >= 4 is 28.5 Å². The number of fused-ring (bicyclic) bond motifs is 1. The number of benzene rings is 1. The molecule has 0 atom stereocenters. The predicted molar refractivity (Wildman–Crippen MR) is 110 cm³/mol. The summed E-state index contributed by atoms with van der Waals surface area (Å²) in [6.45, 7) is 10.6. The van der Waals surface area contributed by atoms with E-state index < -0.39 is 0 Å². The number of nitrogens with one attached hydrogen (secondary N) is 1. The lowest BCUT2D eigenvalue weighted by atomic mass is 9.81. The number of rotatable bonds is 4. The van der Waals surface area contributed by atoms with E-state index in [0.29, 0.717) is 22.7 Å². The minimum atomic E-state index is -0.340. The van der Waals surface area contributed by atoms with Gasteiger partial charge < -0.3 is 15.2 Å². The van der Waals surface area contributed by atoms with Gasteiger partial charge >= 0.3 is 5.97 Å². The molecule has 6 heteroatoms. The number of aromatic hydroxyl groups is 1. The van der Waals surface area contributed by atoms with Crippen molar-refractivity contribution in [3.63, 3.8) is 0 Å². The number of thiophene rings is 1. The third kappa shape index (κ3) is 3.92. The molecular weight excluding hydrogens is 360 g/mol. The van der Waals surface area contributed by atoms with E-state index in [0.717, 1.165) is 16.9 Å². The van der Waals surface area contributed by atoms with Gasteiger partial charge in [-0.15, -0.1) is 11.3 Å². The second-order valence-electron chi connectivity index (χ2n) is 7.94. The maximum absolute atomic E-state index is 12.7. The summed E-state index contributed by atoms with van der Waals surface area (Å²) in [4.78, 5) is 18.4. The zero-order valence-corrected chi connectivity index (χ0v) is 17.2. The number of hydrogen-bond acceptors (Lipinski definition) is 6. The first-order valence-electron chi connectivity index (χ1n) is 9.09. The average molecular weight is 387 g/mol. The van der Waals surface area contributed by atoms with E-state index in [1.165, 1.54) is 11.3 Å². The third-order valence-corrected chi connectivity index (χ3v) is 6.03. The molecule has 2 N–H and O–H groups in total. The number of ether oxygens (including phenoxy) is 1. The molecule has 1 aliphatic rings. The van der Waals surface area contributed by atoms with Gasteiger partial charge in [-0.2, -0.15) is 0 Å². The molecule has 2 heterocycles. The van der Waals surface area contributed by atoms with E-state index in [4.69, 9.17) is 4.74 Å². The van der Waals surface area contributed by atoms with Crippen molar-refractivity contribution < 1.29 is 14.6 Å². The van der Waals surface area contributed by atoms with Crippen LogP contribution in [0.5, 0.6) is 5.75 Å². The van der Waals surface area contributed by atoms with Crippen LogP contribution >= 0.6 is 11.3 Å². The van der Waals surface area contributed by atoms with Crippen LogP contribution < -0.4 is 5.32 Å². The van der Waals surface area contributed by atoms with Crippen molar-refractivity contribution in [2.24, 2.45) is 4.99 Å². The summed E-state index contributed by atoms with van der Waals surface area (Å²) >= 11 is 1.51. The highest BCUT2D eigenvalue weighted by Crippen LogP contribution is 2.46. The lowest BCUT2D eigenvalue weighted by Gasteiger charge is -2.42. The van der Waals surface area contributed by atoms with Crippen LogP contribution in [0.4, 0.5) is 5.00 Å². The molecule has 5 nitrogen and oxygen atoms in total. The van der Waals surface area contributed by atoms with E-state index in [9.17, 15) is 9.90 Å². The molecule has 1 aromatic carbocycles. The number of carbonyl (C=O) groups excluding carboxylic acids is 1. The fraction of sp³-hybridized carbons (Fsp3) is 0.429. The van der Waals surface area contributed by atoms with Crippen LogP contribution in [0.2, 0.25) is 0 Å². The average Bonchev–Trinajstić information content (AvgIpc) is 2.91. The fourth-order valence-corrected chi connectivity index (χ4v) is 4.95. The number of carbonyl (C=O) groups is 1. The van der Waals surface area contributed by atoms with Gasteiger partial charge in [-0.3, -0.25) is 0 Å². The van der Waals surface area contributed by atoms with Crippen LogP contribution in [0.25, 0.3) is 0 Å². The molecule has 0 fully saturated rings. The highest BCUT2D eigenvalue weighted by atomic mass is 32.1. The van der Waals surface area contributed by atoms with Gasteiger partial charge in [0, 0.05) is 27.7 Å². The monoisotopic (exact) mass is 386 g/mol. The zero-order chi connectivity index (χ0) is 19.8. The largest absolute Gasteiger partial charge is 0.507 e. The summed E-state index contributed by atoms with van der Waals surface area (Å²) in [6.07, 6.45) is 2.32. The summed E-state index contributed by atoms with van der Waals surface area (Å²) in [6, 6.07) is 6.99. The highest BCUT2D eigenvalue weighted by Gasteiger charge is 2.41. The van der Waals surface area contributed by atoms with Crippen LogP contribution in [0.3, 0.4) is 0 Å². The standard InChI is InChI=1S/C21H26N2O3S/c1-6-26-19(25)16-14-11-20(2,3)23-21(4,5)17(14)27-18(16)22-12-13-9-7-8-10-15(13)24/h7-10,12,23-24H,6,11H2,1-5H3/b22-12+. The third-order valence-electron chi connectivity index (χ3n) is 4.56. The van der Waals surface area contributed by atoms with Gasteiger partial charge in [0.1, 0.15) is 10.8 Å². The van der Waals surface area contributed by atoms with Gasteiger partial charge in [0.2, 0.25) is 0 Å². The first-order chi connectivity index (χ1) is 12.6. The Morgan fingerprint density at radius 3 is 2.70 bits per heavy atom. The van der Waals surface area contributed by atoms with Crippen LogP contribution in [0.1, 0.15) is 61.0 Å². The Kier molecular flexibility index (Phi) is 5.14. The van der Waals surface area contributed by atoms with Crippen molar-refractivity contribution in [1.29, 1.82) is 0 Å². The Hall–Kier alpha value is -2.18. The van der Waals surface area contributed by atoms with Gasteiger partial charge in [0.25, 0.3) is 0 Å². The molecule has 0 unspecified atom stereocenters. The lowest BCUT2D eigenvalue weighted by Crippen LogP contribution is -2.55. The number of phenolic OH excluding ortho intramolecular Hbond substituents is 1. The Labute approximate surface area is 164 Å². The molecule has 27 heavy (non-hydrogen) atoms. The van der Waals surface area contributed by atoms with Gasteiger partial charge in [-0.05, 0) is 58.7 Å². The number of phenols is 1. The molecule has 0 bridgehead atoms. The van der Waals surface area contributed by atoms with Gasteiger partial charge in [-0.25, -0.2) is 9.79 Å². The minimum Gasteiger partial charge on any atom is -0.507 e. The molecule has 0 saturated heterocycles. The van der Waals surface area contributed by atoms with Crippen molar-refractivity contribution in [1.82, 2.24) is 5.32 Å². The number of para-hydroxylation sites is 1. The highest BCUT2D eigenvalue weighted by molar-refractivity contribution is 7.16. The normalized spacial score (nSPS) is 17.7. The number of aliphatic imine (C=N–C) groups is 1. The topological polar surface area (TPSA) is 70.9 Å². The van der Waals surface area contributed by atoms with Crippen LogP contribution in [0.15, 0.2) is 29.3 Å². The lowest BCUT2D eigenvalue weighted by molar-refractivity contribution is 0.0525. The van der Waals surface area contributed by atoms with Crippen LogP contribution in [-0.2, 0) is 16.7 Å². The fourth-order valence-electron chi connectivity index (χ4n) is 3.74. The van der Waals surface area contributed by atoms with E-state index in [2.05, 4.69) is 38.0 Å². The summed E-state index contributed by atoms with van der Waals surface area (Å²) in [7, 11) is 0. The summed E-state index contributed by atoms with van der Waals surface area (Å²) in [5.74, 6) is -0.184. The quantitative estimate of drug-likeness (QED) is 0.598. The maximum atomic E-state index is 12.7. The Morgan fingerprint density at radius 1 is 1.33 bits per heavy atom. The SMILES string of the molecule is CCOC(=O)c1c(/N=C/c2ccccc2O)sc2c1CC(C)(C)NC2(C)C. The predicted octanol–water partition coefficient (Wildman–Crippen LogP) is 4.54. The summed E-state index contributed by atoms with van der Waals surface area (Å²) < 4.78 is 5.33. The first kappa shape index (κ1) is 19.6. The molecule has 0 amide bonds. The molecule has 0 saturated carbocycles. The maximum Gasteiger partial charge on any atom is 0.341 e. The molecule has 144 valence electrons. The molecular formula is C21H26N2O3S. The molecule has 2 aromatic rings. The van der Waals surface area contributed by atoms with Crippen molar-refractivity contribution in [3.8, 4) is 5.75 Å². The Morgan fingerprint density at radius 2 is 2.04 bits per heavy atom. The van der Waals surface area contributed by atoms with Crippen LogP contribution in [-0.4, -0.2) is 29.4 Å². The Bertz CT molecular complexity index is 897.